The Balaban J connectivity index is 2.01. The maximum Gasteiger partial charge on any atom is 0.127 e. The first-order chi connectivity index (χ1) is 10.2. The Kier molecular flexibility index (Phi) is 3.98. The van der Waals surface area contributed by atoms with E-state index < -0.39 is 0 Å². The van der Waals surface area contributed by atoms with Crippen molar-refractivity contribution < 1.29 is 0 Å². The number of rotatable bonds is 4. The van der Waals surface area contributed by atoms with Crippen LogP contribution in [0.3, 0.4) is 0 Å². The molecule has 0 bridgehead atoms. The Bertz CT molecular complexity index is 745. The molecule has 21 heavy (non-hydrogen) atoms. The second kappa shape index (κ2) is 5.90. The Labute approximate surface area is 130 Å². The summed E-state index contributed by atoms with van der Waals surface area (Å²) in [6.07, 6.45) is 0.983. The molecule has 0 fully saturated rings. The molecule has 0 aliphatic heterocycles. The first-order valence-corrected chi connectivity index (χ1v) is 7.74. The number of fused-ring (bicyclic) bond motifs is 1. The predicted octanol–water partition coefficient (Wildman–Crippen LogP) is 4.89. The van der Waals surface area contributed by atoms with E-state index >= 15 is 0 Å². The number of imidazole rings is 1. The minimum atomic E-state index is -0.0902. The molecule has 2 aromatic carbocycles. The number of alkyl halides is 1. The zero-order valence-corrected chi connectivity index (χ0v) is 13.1. The van der Waals surface area contributed by atoms with E-state index in [-0.39, 0.29) is 5.38 Å². The number of aryl methyl sites for hydroxylation is 3. The summed E-state index contributed by atoms with van der Waals surface area (Å²) in [5, 5.41) is -0.0902. The summed E-state index contributed by atoms with van der Waals surface area (Å²) in [5.74, 6) is 0.955. The van der Waals surface area contributed by atoms with Gasteiger partial charge >= 0.3 is 0 Å². The molecule has 1 atom stereocenters. The van der Waals surface area contributed by atoms with E-state index in [1.807, 2.05) is 13.0 Å². The van der Waals surface area contributed by atoms with Crippen molar-refractivity contribution in [2.45, 2.75) is 32.2 Å². The summed E-state index contributed by atoms with van der Waals surface area (Å²) in [4.78, 5) is 4.72. The van der Waals surface area contributed by atoms with Crippen LogP contribution in [0.5, 0.6) is 0 Å². The van der Waals surface area contributed by atoms with Crippen LogP contribution in [-0.2, 0) is 13.0 Å². The van der Waals surface area contributed by atoms with Gasteiger partial charge in [-0.2, -0.15) is 0 Å². The van der Waals surface area contributed by atoms with Gasteiger partial charge in [0.05, 0.1) is 16.4 Å². The number of hydrogen-bond donors (Lipinski definition) is 0. The van der Waals surface area contributed by atoms with Crippen LogP contribution in [0, 0.1) is 6.92 Å². The van der Waals surface area contributed by atoms with E-state index in [9.17, 15) is 0 Å². The van der Waals surface area contributed by atoms with Crippen molar-refractivity contribution in [2.24, 2.45) is 0 Å². The SMILES string of the molecule is Cc1cccc2nc(C(C)Cl)n(CCc3ccccc3)c12. The quantitative estimate of drug-likeness (QED) is 0.627. The van der Waals surface area contributed by atoms with Gasteiger partial charge < -0.3 is 4.57 Å². The maximum atomic E-state index is 6.33. The third-order valence-corrected chi connectivity index (χ3v) is 4.02. The summed E-state index contributed by atoms with van der Waals surface area (Å²) in [7, 11) is 0. The average molecular weight is 299 g/mol. The highest BCUT2D eigenvalue weighted by molar-refractivity contribution is 6.20. The van der Waals surface area contributed by atoms with Crippen molar-refractivity contribution in [1.82, 2.24) is 9.55 Å². The zero-order chi connectivity index (χ0) is 14.8. The topological polar surface area (TPSA) is 17.8 Å². The molecule has 2 nitrogen and oxygen atoms in total. The number of nitrogens with zero attached hydrogens (tertiary/aromatic N) is 2. The number of aromatic nitrogens is 2. The van der Waals surface area contributed by atoms with Crippen LogP contribution >= 0.6 is 11.6 Å². The lowest BCUT2D eigenvalue weighted by atomic mass is 10.1. The molecule has 3 rings (SSSR count). The molecule has 0 spiro atoms. The maximum absolute atomic E-state index is 6.33. The Morgan fingerprint density at radius 2 is 1.86 bits per heavy atom. The molecule has 1 aromatic heterocycles. The first-order valence-electron chi connectivity index (χ1n) is 7.30. The standard InChI is InChI=1S/C18H19ClN2/c1-13-7-6-10-16-17(13)21(18(20-16)14(2)19)12-11-15-8-4-3-5-9-15/h3-10,14H,11-12H2,1-2H3. The van der Waals surface area contributed by atoms with E-state index in [0.29, 0.717) is 0 Å². The monoisotopic (exact) mass is 298 g/mol. The Morgan fingerprint density at radius 1 is 1.10 bits per heavy atom. The van der Waals surface area contributed by atoms with Crippen molar-refractivity contribution in [3.8, 4) is 0 Å². The van der Waals surface area contributed by atoms with Crippen LogP contribution < -0.4 is 0 Å². The van der Waals surface area contributed by atoms with Gasteiger partial charge in [0, 0.05) is 6.54 Å². The third kappa shape index (κ3) is 2.81. The summed E-state index contributed by atoms with van der Waals surface area (Å²) in [6.45, 7) is 5.01. The molecule has 0 saturated heterocycles. The number of halogens is 1. The molecule has 0 aliphatic carbocycles. The van der Waals surface area contributed by atoms with Crippen molar-refractivity contribution in [3.05, 3.63) is 65.5 Å². The summed E-state index contributed by atoms with van der Waals surface area (Å²) < 4.78 is 2.27. The normalized spacial score (nSPS) is 12.7. The second-order valence-electron chi connectivity index (χ2n) is 5.42. The number of para-hydroxylation sites is 1. The third-order valence-electron chi connectivity index (χ3n) is 3.82. The van der Waals surface area contributed by atoms with Crippen molar-refractivity contribution in [1.29, 1.82) is 0 Å². The lowest BCUT2D eigenvalue weighted by Crippen LogP contribution is -2.07. The highest BCUT2D eigenvalue weighted by Crippen LogP contribution is 2.26. The van der Waals surface area contributed by atoms with Gasteiger partial charge in [-0.05, 0) is 37.5 Å². The molecular formula is C18H19ClN2. The van der Waals surface area contributed by atoms with E-state index in [2.05, 4.69) is 54.0 Å². The zero-order valence-electron chi connectivity index (χ0n) is 12.4. The van der Waals surface area contributed by atoms with E-state index in [1.54, 1.807) is 0 Å². The van der Waals surface area contributed by atoms with E-state index in [1.165, 1.54) is 16.6 Å². The average Bonchev–Trinajstić information content (AvgIpc) is 2.86. The van der Waals surface area contributed by atoms with Crippen molar-refractivity contribution in [3.63, 3.8) is 0 Å². The fraction of sp³-hybridized carbons (Fsp3) is 0.278. The predicted molar refractivity (Wildman–Crippen MR) is 88.9 cm³/mol. The minimum absolute atomic E-state index is 0.0902. The second-order valence-corrected chi connectivity index (χ2v) is 6.07. The molecule has 1 heterocycles. The van der Waals surface area contributed by atoms with Gasteiger partial charge in [-0.25, -0.2) is 4.98 Å². The highest BCUT2D eigenvalue weighted by atomic mass is 35.5. The van der Waals surface area contributed by atoms with Gasteiger partial charge in [-0.3, -0.25) is 0 Å². The molecule has 0 amide bonds. The van der Waals surface area contributed by atoms with Crippen LogP contribution in [0.4, 0.5) is 0 Å². The van der Waals surface area contributed by atoms with E-state index in [0.717, 1.165) is 24.3 Å². The lowest BCUT2D eigenvalue weighted by molar-refractivity contribution is 0.667. The molecule has 1 unspecified atom stereocenters. The van der Waals surface area contributed by atoms with Crippen LogP contribution in [0.25, 0.3) is 11.0 Å². The smallest absolute Gasteiger partial charge is 0.127 e. The molecular weight excluding hydrogens is 280 g/mol. The summed E-state index contributed by atoms with van der Waals surface area (Å²) in [6, 6.07) is 16.8. The fourth-order valence-corrected chi connectivity index (χ4v) is 2.97. The molecule has 3 heteroatoms. The minimum Gasteiger partial charge on any atom is -0.326 e. The number of benzene rings is 2. The molecule has 0 saturated carbocycles. The molecule has 0 N–H and O–H groups in total. The molecule has 0 radical (unpaired) electrons. The Hall–Kier alpha value is -1.80. The largest absolute Gasteiger partial charge is 0.326 e. The van der Waals surface area contributed by atoms with Crippen LogP contribution in [-0.4, -0.2) is 9.55 Å². The lowest BCUT2D eigenvalue weighted by Gasteiger charge is -2.11. The molecule has 108 valence electrons. The summed E-state index contributed by atoms with van der Waals surface area (Å²) in [5.41, 5.74) is 4.82. The number of hydrogen-bond acceptors (Lipinski definition) is 1. The fourth-order valence-electron chi connectivity index (χ4n) is 2.80. The highest BCUT2D eigenvalue weighted by Gasteiger charge is 2.15. The van der Waals surface area contributed by atoms with Crippen molar-refractivity contribution >= 4 is 22.6 Å². The Morgan fingerprint density at radius 3 is 2.57 bits per heavy atom. The van der Waals surface area contributed by atoms with Gasteiger partial charge in [0.15, 0.2) is 0 Å². The summed E-state index contributed by atoms with van der Waals surface area (Å²) >= 11 is 6.33. The van der Waals surface area contributed by atoms with Gasteiger partial charge in [-0.1, -0.05) is 42.5 Å². The molecule has 0 aliphatic rings. The van der Waals surface area contributed by atoms with Gasteiger partial charge in [-0.15, -0.1) is 11.6 Å². The molecule has 3 aromatic rings. The van der Waals surface area contributed by atoms with Gasteiger partial charge in [0.25, 0.3) is 0 Å². The van der Waals surface area contributed by atoms with Crippen LogP contribution in [0.15, 0.2) is 48.5 Å². The van der Waals surface area contributed by atoms with Crippen molar-refractivity contribution in [2.75, 3.05) is 0 Å². The van der Waals surface area contributed by atoms with Crippen LogP contribution in [0.2, 0.25) is 0 Å². The van der Waals surface area contributed by atoms with Gasteiger partial charge in [0.2, 0.25) is 0 Å². The first kappa shape index (κ1) is 14.2. The van der Waals surface area contributed by atoms with Crippen LogP contribution in [0.1, 0.15) is 29.3 Å². The van der Waals surface area contributed by atoms with Gasteiger partial charge in [0.1, 0.15) is 5.82 Å². The van der Waals surface area contributed by atoms with E-state index in [4.69, 9.17) is 16.6 Å².